The van der Waals surface area contributed by atoms with Gasteiger partial charge in [0.2, 0.25) is 0 Å². The molecule has 16 heavy (non-hydrogen) atoms. The number of hydrogen-bond acceptors (Lipinski definition) is 4. The Morgan fingerprint density at radius 2 is 2.06 bits per heavy atom. The largest absolute Gasteiger partial charge is 0.496 e. The molecule has 4 nitrogen and oxygen atoms in total. The molecule has 0 bridgehead atoms. The van der Waals surface area contributed by atoms with E-state index < -0.39 is 6.10 Å². The molecule has 0 aliphatic carbocycles. The Bertz CT molecular complexity index is 389. The van der Waals surface area contributed by atoms with Gasteiger partial charge in [-0.15, -0.1) is 0 Å². The summed E-state index contributed by atoms with van der Waals surface area (Å²) in [6, 6.07) is 3.53. The Balaban J connectivity index is 2.47. The van der Waals surface area contributed by atoms with Crippen LogP contribution in [0.1, 0.15) is 25.0 Å². The summed E-state index contributed by atoms with van der Waals surface area (Å²) in [5, 5.41) is 10.1. The van der Waals surface area contributed by atoms with E-state index in [1.807, 2.05) is 6.92 Å². The molecular formula is C12H16O4. The molecule has 1 aromatic carbocycles. The number of aliphatic hydroxyl groups excluding tert-OH is 1. The Labute approximate surface area is 94.8 Å². The molecule has 2 rings (SSSR count). The molecule has 0 saturated heterocycles. The molecular weight excluding hydrogens is 208 g/mol. The van der Waals surface area contributed by atoms with Crippen LogP contribution in [0.15, 0.2) is 12.1 Å². The van der Waals surface area contributed by atoms with Gasteiger partial charge in [-0.3, -0.25) is 0 Å². The van der Waals surface area contributed by atoms with Crippen molar-refractivity contribution in [1.29, 1.82) is 0 Å². The van der Waals surface area contributed by atoms with E-state index in [1.165, 1.54) is 0 Å². The smallest absolute Gasteiger partial charge is 0.133 e. The minimum Gasteiger partial charge on any atom is -0.496 e. The monoisotopic (exact) mass is 224 g/mol. The van der Waals surface area contributed by atoms with Crippen LogP contribution in [-0.2, 0) is 0 Å². The minimum atomic E-state index is -0.624. The standard InChI is InChI=1S/C12H16O4/c1-4-8-12(13)11-9(15-3)5-7(14-2)6-10(11)16-8/h5-6,8,12-13H,4H2,1-3H3. The number of ether oxygens (including phenoxy) is 3. The topological polar surface area (TPSA) is 47.9 Å². The van der Waals surface area contributed by atoms with Crippen LogP contribution in [0.2, 0.25) is 0 Å². The van der Waals surface area contributed by atoms with Crippen molar-refractivity contribution in [2.75, 3.05) is 14.2 Å². The highest BCUT2D eigenvalue weighted by Crippen LogP contribution is 2.45. The maximum absolute atomic E-state index is 10.1. The van der Waals surface area contributed by atoms with Crippen LogP contribution >= 0.6 is 0 Å². The predicted molar refractivity (Wildman–Crippen MR) is 59.2 cm³/mol. The van der Waals surface area contributed by atoms with Gasteiger partial charge < -0.3 is 19.3 Å². The molecule has 1 aliphatic heterocycles. The summed E-state index contributed by atoms with van der Waals surface area (Å²) in [5.41, 5.74) is 0.718. The number of aliphatic hydroxyl groups is 1. The molecule has 1 N–H and O–H groups in total. The summed E-state index contributed by atoms with van der Waals surface area (Å²) in [5.74, 6) is 1.92. The summed E-state index contributed by atoms with van der Waals surface area (Å²) in [4.78, 5) is 0. The molecule has 1 heterocycles. The van der Waals surface area contributed by atoms with Gasteiger partial charge in [0.15, 0.2) is 0 Å². The summed E-state index contributed by atoms with van der Waals surface area (Å²) in [6.07, 6.45) is -0.0710. The van der Waals surface area contributed by atoms with Crippen molar-refractivity contribution >= 4 is 0 Å². The average Bonchev–Trinajstić information content (AvgIpc) is 2.65. The molecule has 0 aromatic heterocycles. The van der Waals surface area contributed by atoms with Crippen LogP contribution in [0.3, 0.4) is 0 Å². The average molecular weight is 224 g/mol. The van der Waals surface area contributed by atoms with E-state index in [4.69, 9.17) is 14.2 Å². The maximum atomic E-state index is 10.1. The molecule has 0 saturated carbocycles. The lowest BCUT2D eigenvalue weighted by molar-refractivity contribution is 0.0643. The lowest BCUT2D eigenvalue weighted by atomic mass is 10.0. The maximum Gasteiger partial charge on any atom is 0.133 e. The van der Waals surface area contributed by atoms with Gasteiger partial charge in [-0.05, 0) is 6.42 Å². The first-order valence-electron chi connectivity index (χ1n) is 5.31. The fraction of sp³-hybridized carbons (Fsp3) is 0.500. The zero-order valence-corrected chi connectivity index (χ0v) is 9.69. The molecule has 0 spiro atoms. The van der Waals surface area contributed by atoms with Crippen molar-refractivity contribution < 1.29 is 19.3 Å². The number of hydrogen-bond donors (Lipinski definition) is 1. The molecule has 1 aromatic rings. The lowest BCUT2D eigenvalue weighted by Gasteiger charge is -2.12. The number of benzene rings is 1. The van der Waals surface area contributed by atoms with Crippen molar-refractivity contribution in [2.24, 2.45) is 0 Å². The van der Waals surface area contributed by atoms with Gasteiger partial charge in [-0.2, -0.15) is 0 Å². The minimum absolute atomic E-state index is 0.198. The van der Waals surface area contributed by atoms with Crippen LogP contribution in [0, 0.1) is 0 Å². The van der Waals surface area contributed by atoms with Crippen molar-refractivity contribution in [3.63, 3.8) is 0 Å². The highest BCUT2D eigenvalue weighted by molar-refractivity contribution is 5.54. The highest BCUT2D eigenvalue weighted by Gasteiger charge is 2.35. The molecule has 2 unspecified atom stereocenters. The van der Waals surface area contributed by atoms with E-state index in [9.17, 15) is 5.11 Å². The molecule has 88 valence electrons. The van der Waals surface area contributed by atoms with Gasteiger partial charge in [0.05, 0.1) is 19.8 Å². The Kier molecular flexibility index (Phi) is 2.92. The van der Waals surface area contributed by atoms with Crippen molar-refractivity contribution in [2.45, 2.75) is 25.6 Å². The summed E-state index contributed by atoms with van der Waals surface area (Å²) in [7, 11) is 3.16. The van der Waals surface area contributed by atoms with E-state index in [-0.39, 0.29) is 6.10 Å². The Hall–Kier alpha value is -1.42. The Morgan fingerprint density at radius 1 is 1.31 bits per heavy atom. The van der Waals surface area contributed by atoms with E-state index >= 15 is 0 Å². The third kappa shape index (κ3) is 1.59. The van der Waals surface area contributed by atoms with Gasteiger partial charge in [0, 0.05) is 12.1 Å². The number of rotatable bonds is 3. The third-order valence-electron chi connectivity index (χ3n) is 2.86. The normalized spacial score (nSPS) is 22.5. The molecule has 2 atom stereocenters. The van der Waals surface area contributed by atoms with Crippen molar-refractivity contribution in [3.8, 4) is 17.2 Å². The SMILES string of the molecule is CCC1Oc2cc(OC)cc(OC)c2C1O. The summed E-state index contributed by atoms with van der Waals surface area (Å²) in [6.45, 7) is 1.98. The van der Waals surface area contributed by atoms with Gasteiger partial charge in [0.1, 0.15) is 29.5 Å². The van der Waals surface area contributed by atoms with Gasteiger partial charge in [0.25, 0.3) is 0 Å². The molecule has 0 radical (unpaired) electrons. The summed E-state index contributed by atoms with van der Waals surface area (Å²) < 4.78 is 16.0. The second-order valence-corrected chi connectivity index (χ2v) is 3.75. The lowest BCUT2D eigenvalue weighted by Crippen LogP contribution is -2.16. The van der Waals surface area contributed by atoms with Crippen molar-refractivity contribution in [3.05, 3.63) is 17.7 Å². The zero-order valence-electron chi connectivity index (χ0n) is 9.69. The molecule has 1 aliphatic rings. The quantitative estimate of drug-likeness (QED) is 0.852. The predicted octanol–water partition coefficient (Wildman–Crippen LogP) is 1.91. The van der Waals surface area contributed by atoms with Crippen molar-refractivity contribution in [1.82, 2.24) is 0 Å². The van der Waals surface area contributed by atoms with E-state index in [2.05, 4.69) is 0 Å². The fourth-order valence-electron chi connectivity index (χ4n) is 1.97. The first kappa shape index (κ1) is 11.1. The van der Waals surface area contributed by atoms with Gasteiger partial charge in [-0.1, -0.05) is 6.92 Å². The first-order chi connectivity index (χ1) is 7.71. The van der Waals surface area contributed by atoms with Crippen LogP contribution in [0.4, 0.5) is 0 Å². The van der Waals surface area contributed by atoms with E-state index in [0.717, 1.165) is 12.0 Å². The summed E-state index contributed by atoms with van der Waals surface area (Å²) >= 11 is 0. The number of methoxy groups -OCH3 is 2. The highest BCUT2D eigenvalue weighted by atomic mass is 16.5. The van der Waals surface area contributed by atoms with Crippen LogP contribution in [-0.4, -0.2) is 25.4 Å². The van der Waals surface area contributed by atoms with Gasteiger partial charge >= 0.3 is 0 Å². The van der Waals surface area contributed by atoms with Crippen LogP contribution in [0.5, 0.6) is 17.2 Å². The Morgan fingerprint density at radius 3 is 2.62 bits per heavy atom. The number of fused-ring (bicyclic) bond motifs is 1. The third-order valence-corrected chi connectivity index (χ3v) is 2.86. The van der Waals surface area contributed by atoms with Crippen LogP contribution in [0.25, 0.3) is 0 Å². The molecule has 0 amide bonds. The fourth-order valence-corrected chi connectivity index (χ4v) is 1.97. The second kappa shape index (κ2) is 4.22. The molecule has 0 fully saturated rings. The van der Waals surface area contributed by atoms with Crippen LogP contribution < -0.4 is 14.2 Å². The van der Waals surface area contributed by atoms with E-state index in [1.54, 1.807) is 26.4 Å². The zero-order chi connectivity index (χ0) is 11.7. The molecule has 4 heteroatoms. The first-order valence-corrected chi connectivity index (χ1v) is 5.31. The van der Waals surface area contributed by atoms with Gasteiger partial charge in [-0.25, -0.2) is 0 Å². The van der Waals surface area contributed by atoms with E-state index in [0.29, 0.717) is 17.2 Å². The second-order valence-electron chi connectivity index (χ2n) is 3.75.